The van der Waals surface area contributed by atoms with E-state index in [4.69, 9.17) is 9.47 Å². The number of fused-ring (bicyclic) bond motifs is 5. The smallest absolute Gasteiger partial charge is 0.302 e. The van der Waals surface area contributed by atoms with Crippen LogP contribution in [0.25, 0.3) is 0 Å². The van der Waals surface area contributed by atoms with Crippen LogP contribution in [-0.4, -0.2) is 90.7 Å². The van der Waals surface area contributed by atoms with Crippen LogP contribution >= 0.6 is 0 Å². The number of ether oxygens (including phenoxy) is 2. The van der Waals surface area contributed by atoms with Crippen molar-refractivity contribution in [2.45, 2.75) is 109 Å². The lowest BCUT2D eigenvalue weighted by atomic mass is 9.44. The van der Waals surface area contributed by atoms with Crippen molar-refractivity contribution in [2.24, 2.45) is 34.5 Å². The SMILES string of the molecule is C=CC[N+]1(C2C[C@H]3[C@@H]4CCC5CC(O)C(N6CCOCC6)C(OC(C)=O)[C@]5(C)[C@@H]4CC[C@]3(C)C2)CCCCC1.[Br-]. The average Bonchev–Trinajstić information content (AvgIpc) is 3.29. The lowest BCUT2D eigenvalue weighted by Crippen LogP contribution is -3.00. The van der Waals surface area contributed by atoms with E-state index in [1.54, 1.807) is 6.92 Å². The topological polar surface area (TPSA) is 59.0 Å². The Labute approximate surface area is 253 Å². The van der Waals surface area contributed by atoms with Crippen LogP contribution in [-0.2, 0) is 14.3 Å². The van der Waals surface area contributed by atoms with Crippen molar-refractivity contribution in [3.05, 3.63) is 12.7 Å². The number of piperidine rings is 1. The van der Waals surface area contributed by atoms with Gasteiger partial charge in [0, 0.05) is 38.3 Å². The Hall–Kier alpha value is -0.470. The van der Waals surface area contributed by atoms with Gasteiger partial charge in [-0.05, 0) is 86.5 Å². The minimum atomic E-state index is -0.450. The maximum atomic E-state index is 12.6. The van der Waals surface area contributed by atoms with E-state index in [9.17, 15) is 9.90 Å². The first-order chi connectivity index (χ1) is 18.7. The monoisotopic (exact) mass is 622 g/mol. The molecule has 6 nitrogen and oxygen atoms in total. The van der Waals surface area contributed by atoms with E-state index in [1.807, 2.05) is 0 Å². The van der Waals surface area contributed by atoms with Crippen LogP contribution < -0.4 is 17.0 Å². The first-order valence-electron chi connectivity index (χ1n) is 16.4. The third kappa shape index (κ3) is 5.06. The summed E-state index contributed by atoms with van der Waals surface area (Å²) in [6.45, 7) is 17.6. The summed E-state index contributed by atoms with van der Waals surface area (Å²) in [5, 5.41) is 11.5. The first-order valence-corrected chi connectivity index (χ1v) is 16.4. The second-order valence-electron chi connectivity index (χ2n) is 15.0. The molecule has 40 heavy (non-hydrogen) atoms. The number of likely N-dealkylation sites (tertiary alicyclic amines) is 1. The van der Waals surface area contributed by atoms with Gasteiger partial charge in [0.15, 0.2) is 0 Å². The second kappa shape index (κ2) is 11.9. The van der Waals surface area contributed by atoms with Crippen LogP contribution in [0.15, 0.2) is 12.7 Å². The predicted molar refractivity (Wildman–Crippen MR) is 153 cm³/mol. The molecule has 4 saturated carbocycles. The normalized spacial score (nSPS) is 46.7. The summed E-state index contributed by atoms with van der Waals surface area (Å²) in [5.41, 5.74) is 0.336. The number of aliphatic hydroxyl groups excluding tert-OH is 1. The van der Waals surface area contributed by atoms with Gasteiger partial charge >= 0.3 is 5.97 Å². The number of morpholine rings is 1. The molecule has 10 atom stereocenters. The van der Waals surface area contributed by atoms with Crippen LogP contribution in [0.5, 0.6) is 0 Å². The van der Waals surface area contributed by atoms with E-state index < -0.39 is 6.10 Å². The molecule has 0 aromatic carbocycles. The number of quaternary nitrogens is 1. The summed E-state index contributed by atoms with van der Waals surface area (Å²) in [6, 6.07) is 0.637. The number of carbonyl (C=O) groups is 1. The molecule has 4 aliphatic carbocycles. The van der Waals surface area contributed by atoms with Gasteiger partial charge in [0.05, 0.1) is 51.0 Å². The fourth-order valence-corrected chi connectivity index (χ4v) is 11.5. The molecule has 0 aromatic heterocycles. The number of hydrogen-bond donors (Lipinski definition) is 1. The molecule has 0 amide bonds. The Kier molecular flexibility index (Phi) is 9.21. The molecule has 0 aromatic rings. The Bertz CT molecular complexity index is 920. The van der Waals surface area contributed by atoms with Gasteiger partial charge in [-0.1, -0.05) is 20.4 Å². The summed E-state index contributed by atoms with van der Waals surface area (Å²) < 4.78 is 13.3. The number of esters is 1. The quantitative estimate of drug-likeness (QED) is 0.288. The van der Waals surface area contributed by atoms with Crippen molar-refractivity contribution < 1.29 is 40.8 Å². The highest BCUT2D eigenvalue weighted by molar-refractivity contribution is 5.66. The third-order valence-corrected chi connectivity index (χ3v) is 13.3. The molecule has 6 rings (SSSR count). The fraction of sp³-hybridized carbons (Fsp3) is 0.909. The van der Waals surface area contributed by atoms with Crippen molar-refractivity contribution in [2.75, 3.05) is 45.9 Å². The Morgan fingerprint density at radius 1 is 1.10 bits per heavy atom. The number of rotatable bonds is 5. The highest BCUT2D eigenvalue weighted by Gasteiger charge is 2.66. The van der Waals surface area contributed by atoms with Crippen LogP contribution in [0.3, 0.4) is 0 Å². The summed E-state index contributed by atoms with van der Waals surface area (Å²) in [6.07, 6.45) is 14.2. The number of halogens is 1. The van der Waals surface area contributed by atoms with E-state index in [0.29, 0.717) is 36.4 Å². The fourth-order valence-electron chi connectivity index (χ4n) is 11.5. The Balaban J connectivity index is 0.00000323. The number of hydrogen-bond acceptors (Lipinski definition) is 5. The zero-order chi connectivity index (χ0) is 27.4. The van der Waals surface area contributed by atoms with Gasteiger partial charge in [-0.2, -0.15) is 0 Å². The first kappa shape index (κ1) is 31.0. The zero-order valence-electron chi connectivity index (χ0n) is 25.4. The van der Waals surface area contributed by atoms with Gasteiger partial charge in [0.1, 0.15) is 6.10 Å². The minimum Gasteiger partial charge on any atom is -1.00 e. The van der Waals surface area contributed by atoms with Gasteiger partial charge in [-0.25, -0.2) is 0 Å². The molecule has 7 heteroatoms. The van der Waals surface area contributed by atoms with Gasteiger partial charge in [0.2, 0.25) is 0 Å². The number of nitrogens with zero attached hydrogens (tertiary/aromatic N) is 2. The van der Waals surface area contributed by atoms with Crippen molar-refractivity contribution in [1.29, 1.82) is 0 Å². The number of carbonyl (C=O) groups excluding carboxylic acids is 1. The van der Waals surface area contributed by atoms with Crippen molar-refractivity contribution in [3.63, 3.8) is 0 Å². The lowest BCUT2D eigenvalue weighted by molar-refractivity contribution is -0.950. The summed E-state index contributed by atoms with van der Waals surface area (Å²) in [5.74, 6) is 2.23. The largest absolute Gasteiger partial charge is 1.00 e. The Morgan fingerprint density at radius 2 is 1.82 bits per heavy atom. The predicted octanol–water partition coefficient (Wildman–Crippen LogP) is 1.80. The van der Waals surface area contributed by atoms with E-state index in [2.05, 4.69) is 31.4 Å². The van der Waals surface area contributed by atoms with Gasteiger partial charge in [0.25, 0.3) is 0 Å². The Morgan fingerprint density at radius 3 is 2.50 bits per heavy atom. The number of aliphatic hydroxyl groups is 1. The molecule has 0 radical (unpaired) electrons. The van der Waals surface area contributed by atoms with Crippen LogP contribution in [0.2, 0.25) is 0 Å². The molecule has 6 aliphatic rings. The van der Waals surface area contributed by atoms with Crippen molar-refractivity contribution in [3.8, 4) is 0 Å². The molecular weight excluding hydrogens is 568 g/mol. The minimum absolute atomic E-state index is 0. The molecule has 2 saturated heterocycles. The lowest BCUT2D eigenvalue weighted by Gasteiger charge is -2.64. The molecule has 2 aliphatic heterocycles. The molecule has 1 N–H and O–H groups in total. The van der Waals surface area contributed by atoms with Gasteiger partial charge in [-0.15, -0.1) is 0 Å². The zero-order valence-corrected chi connectivity index (χ0v) is 27.0. The maximum Gasteiger partial charge on any atom is 0.302 e. The average molecular weight is 624 g/mol. The molecule has 2 heterocycles. The summed E-state index contributed by atoms with van der Waals surface area (Å²) in [4.78, 5) is 15.0. The van der Waals surface area contributed by atoms with E-state index in [1.165, 1.54) is 68.9 Å². The summed E-state index contributed by atoms with van der Waals surface area (Å²) in [7, 11) is 0. The van der Waals surface area contributed by atoms with E-state index in [0.717, 1.165) is 44.4 Å². The van der Waals surface area contributed by atoms with Crippen LogP contribution in [0.1, 0.15) is 85.0 Å². The van der Waals surface area contributed by atoms with Crippen LogP contribution in [0.4, 0.5) is 0 Å². The van der Waals surface area contributed by atoms with E-state index in [-0.39, 0.29) is 40.5 Å². The third-order valence-electron chi connectivity index (χ3n) is 13.3. The highest BCUT2D eigenvalue weighted by Crippen LogP contribution is 2.67. The second-order valence-corrected chi connectivity index (χ2v) is 15.0. The summed E-state index contributed by atoms with van der Waals surface area (Å²) >= 11 is 0. The molecule has 5 unspecified atom stereocenters. The molecule has 0 bridgehead atoms. The molecular formula is C33H55BrN2O4. The molecule has 6 fully saturated rings. The van der Waals surface area contributed by atoms with Gasteiger partial charge in [-0.3, -0.25) is 9.69 Å². The standard InChI is InChI=1S/C33H55N2O4.BrH/c1-5-15-35(16-7-6-8-17-35)25-21-28-26-10-9-24-20-29(37)30(34-13-18-38-19-14-34)31(39-23(2)36)33(24,4)27(26)11-12-32(28,3)22-25;/h5,24-31,37H,1,6-22H2,2-4H3;1H/q+1;/p-1/t24?,25?,26-,27-,28+,29?,30?,31?,32-,33+;/m1./s1. The molecule has 0 spiro atoms. The maximum absolute atomic E-state index is 12.6. The van der Waals surface area contributed by atoms with Crippen LogP contribution in [0, 0.1) is 34.5 Å². The highest BCUT2D eigenvalue weighted by atomic mass is 79.9. The van der Waals surface area contributed by atoms with Crippen molar-refractivity contribution in [1.82, 2.24) is 4.90 Å². The van der Waals surface area contributed by atoms with Crippen molar-refractivity contribution >= 4 is 5.97 Å². The van der Waals surface area contributed by atoms with E-state index >= 15 is 0 Å². The molecule has 228 valence electrons. The van der Waals surface area contributed by atoms with Gasteiger partial charge < -0.3 is 36.0 Å².